The van der Waals surface area contributed by atoms with Crippen LogP contribution in [-0.2, 0) is 4.79 Å². The molecule has 1 rings (SSSR count). The molecule has 0 bridgehead atoms. The SMILES string of the molecule is CC1NCCCC1C(=O)NCCCCN(C)C(C)C. The van der Waals surface area contributed by atoms with Crippen LogP contribution >= 0.6 is 0 Å². The van der Waals surface area contributed by atoms with Gasteiger partial charge in [0.05, 0.1) is 5.92 Å². The Kier molecular flexibility index (Phi) is 7.39. The zero-order chi connectivity index (χ0) is 14.3. The van der Waals surface area contributed by atoms with Gasteiger partial charge in [0.2, 0.25) is 5.91 Å². The van der Waals surface area contributed by atoms with Crippen LogP contribution < -0.4 is 10.6 Å². The Balaban J connectivity index is 2.10. The second-order valence-corrected chi connectivity index (χ2v) is 6.06. The summed E-state index contributed by atoms with van der Waals surface area (Å²) in [5.41, 5.74) is 0. The van der Waals surface area contributed by atoms with Crippen molar-refractivity contribution in [1.82, 2.24) is 15.5 Å². The molecule has 0 aromatic rings. The van der Waals surface area contributed by atoms with Crippen LogP contribution in [0.2, 0.25) is 0 Å². The van der Waals surface area contributed by atoms with Crippen LogP contribution in [0.1, 0.15) is 46.5 Å². The summed E-state index contributed by atoms with van der Waals surface area (Å²) in [7, 11) is 2.15. The molecular formula is C15H31N3O. The number of unbranched alkanes of at least 4 members (excludes halogenated alkanes) is 1. The van der Waals surface area contributed by atoms with E-state index in [1.54, 1.807) is 0 Å². The average molecular weight is 269 g/mol. The molecule has 1 aliphatic heterocycles. The molecule has 1 aliphatic rings. The van der Waals surface area contributed by atoms with Gasteiger partial charge in [0.25, 0.3) is 0 Å². The van der Waals surface area contributed by atoms with Crippen molar-refractivity contribution in [3.05, 3.63) is 0 Å². The lowest BCUT2D eigenvalue weighted by molar-refractivity contribution is -0.126. The van der Waals surface area contributed by atoms with Gasteiger partial charge in [0.1, 0.15) is 0 Å². The predicted molar refractivity (Wildman–Crippen MR) is 80.2 cm³/mol. The van der Waals surface area contributed by atoms with E-state index in [1.165, 1.54) is 0 Å². The number of rotatable bonds is 7. The number of nitrogens with one attached hydrogen (secondary N) is 2. The maximum Gasteiger partial charge on any atom is 0.224 e. The number of piperidine rings is 1. The Morgan fingerprint density at radius 2 is 2.16 bits per heavy atom. The third-order valence-corrected chi connectivity index (χ3v) is 4.22. The summed E-state index contributed by atoms with van der Waals surface area (Å²) in [6, 6.07) is 0.921. The zero-order valence-corrected chi connectivity index (χ0v) is 13.0. The van der Waals surface area contributed by atoms with E-state index >= 15 is 0 Å². The fraction of sp³-hybridized carbons (Fsp3) is 0.933. The van der Waals surface area contributed by atoms with Gasteiger partial charge in [-0.2, -0.15) is 0 Å². The molecule has 4 heteroatoms. The largest absolute Gasteiger partial charge is 0.356 e. The minimum atomic E-state index is 0.159. The van der Waals surface area contributed by atoms with Gasteiger partial charge in [-0.3, -0.25) is 4.79 Å². The van der Waals surface area contributed by atoms with Crippen molar-refractivity contribution in [1.29, 1.82) is 0 Å². The lowest BCUT2D eigenvalue weighted by atomic mass is 9.91. The van der Waals surface area contributed by atoms with Crippen molar-refractivity contribution < 1.29 is 4.79 Å². The molecule has 112 valence electrons. The van der Waals surface area contributed by atoms with E-state index in [1.807, 2.05) is 0 Å². The lowest BCUT2D eigenvalue weighted by Crippen LogP contribution is -2.46. The minimum absolute atomic E-state index is 0.159. The monoisotopic (exact) mass is 269 g/mol. The fourth-order valence-electron chi connectivity index (χ4n) is 2.49. The molecule has 1 saturated heterocycles. The summed E-state index contributed by atoms with van der Waals surface area (Å²) in [4.78, 5) is 14.4. The maximum absolute atomic E-state index is 12.1. The fourth-order valence-corrected chi connectivity index (χ4v) is 2.49. The zero-order valence-electron chi connectivity index (χ0n) is 13.0. The molecular weight excluding hydrogens is 238 g/mol. The molecule has 0 aromatic heterocycles. The molecule has 0 saturated carbocycles. The summed E-state index contributed by atoms with van der Waals surface area (Å²) in [5.74, 6) is 0.393. The molecule has 1 fully saturated rings. The molecule has 1 amide bonds. The summed E-state index contributed by atoms with van der Waals surface area (Å²) < 4.78 is 0. The second-order valence-electron chi connectivity index (χ2n) is 6.06. The van der Waals surface area contributed by atoms with Crippen LogP contribution in [-0.4, -0.2) is 49.6 Å². The molecule has 1 heterocycles. The second kappa shape index (κ2) is 8.54. The highest BCUT2D eigenvalue weighted by Crippen LogP contribution is 2.16. The number of hydrogen-bond donors (Lipinski definition) is 2. The molecule has 0 aliphatic carbocycles. The van der Waals surface area contributed by atoms with Crippen LogP contribution in [0.5, 0.6) is 0 Å². The molecule has 2 N–H and O–H groups in total. The van der Waals surface area contributed by atoms with Crippen molar-refractivity contribution in [2.75, 3.05) is 26.7 Å². The Morgan fingerprint density at radius 1 is 1.42 bits per heavy atom. The van der Waals surface area contributed by atoms with E-state index in [0.717, 1.165) is 45.3 Å². The molecule has 0 radical (unpaired) electrons. The van der Waals surface area contributed by atoms with Gasteiger partial charge in [-0.05, 0) is 66.6 Å². The van der Waals surface area contributed by atoms with Crippen molar-refractivity contribution in [2.24, 2.45) is 5.92 Å². The highest BCUT2D eigenvalue weighted by Gasteiger charge is 2.26. The van der Waals surface area contributed by atoms with Crippen molar-refractivity contribution in [3.63, 3.8) is 0 Å². The number of nitrogens with zero attached hydrogens (tertiary/aromatic N) is 1. The number of carbonyl (C=O) groups is 1. The first-order valence-corrected chi connectivity index (χ1v) is 7.73. The molecule has 19 heavy (non-hydrogen) atoms. The summed E-state index contributed by atoms with van der Waals surface area (Å²) >= 11 is 0. The molecule has 0 aromatic carbocycles. The molecule has 2 unspecified atom stereocenters. The molecule has 2 atom stereocenters. The van der Waals surface area contributed by atoms with Crippen molar-refractivity contribution in [3.8, 4) is 0 Å². The molecule has 4 nitrogen and oxygen atoms in total. The summed E-state index contributed by atoms with van der Waals surface area (Å²) in [6.07, 6.45) is 4.35. The maximum atomic E-state index is 12.1. The summed E-state index contributed by atoms with van der Waals surface area (Å²) in [5, 5.41) is 6.46. The Bertz CT molecular complexity index is 268. The van der Waals surface area contributed by atoms with Gasteiger partial charge in [0, 0.05) is 18.6 Å². The van der Waals surface area contributed by atoms with Crippen LogP contribution in [0.15, 0.2) is 0 Å². The van der Waals surface area contributed by atoms with Crippen LogP contribution in [0.4, 0.5) is 0 Å². The topological polar surface area (TPSA) is 44.4 Å². The Morgan fingerprint density at radius 3 is 2.79 bits per heavy atom. The van der Waals surface area contributed by atoms with Gasteiger partial charge >= 0.3 is 0 Å². The van der Waals surface area contributed by atoms with Gasteiger partial charge < -0.3 is 15.5 Å². The highest BCUT2D eigenvalue weighted by atomic mass is 16.1. The third kappa shape index (κ3) is 5.91. The Labute approximate surface area is 118 Å². The first-order valence-electron chi connectivity index (χ1n) is 7.73. The Hall–Kier alpha value is -0.610. The van der Waals surface area contributed by atoms with E-state index in [0.29, 0.717) is 12.1 Å². The van der Waals surface area contributed by atoms with Gasteiger partial charge in [-0.1, -0.05) is 0 Å². The first-order chi connectivity index (χ1) is 9.02. The van der Waals surface area contributed by atoms with E-state index in [9.17, 15) is 4.79 Å². The number of amides is 1. The summed E-state index contributed by atoms with van der Waals surface area (Å²) in [6.45, 7) is 9.49. The molecule has 0 spiro atoms. The average Bonchev–Trinajstić information content (AvgIpc) is 2.38. The normalized spacial score (nSPS) is 23.9. The van der Waals surface area contributed by atoms with E-state index < -0.39 is 0 Å². The van der Waals surface area contributed by atoms with Gasteiger partial charge in [-0.15, -0.1) is 0 Å². The van der Waals surface area contributed by atoms with Gasteiger partial charge in [-0.25, -0.2) is 0 Å². The van der Waals surface area contributed by atoms with Crippen LogP contribution in [0.25, 0.3) is 0 Å². The van der Waals surface area contributed by atoms with Crippen molar-refractivity contribution in [2.45, 2.75) is 58.5 Å². The van der Waals surface area contributed by atoms with Crippen molar-refractivity contribution >= 4 is 5.91 Å². The predicted octanol–water partition coefficient (Wildman–Crippen LogP) is 1.61. The highest BCUT2D eigenvalue weighted by molar-refractivity contribution is 5.79. The smallest absolute Gasteiger partial charge is 0.224 e. The van der Waals surface area contributed by atoms with Crippen LogP contribution in [0, 0.1) is 5.92 Å². The minimum Gasteiger partial charge on any atom is -0.356 e. The quantitative estimate of drug-likeness (QED) is 0.690. The van der Waals surface area contributed by atoms with E-state index in [2.05, 4.69) is 43.4 Å². The number of hydrogen-bond acceptors (Lipinski definition) is 3. The standard InChI is InChI=1S/C15H31N3O/c1-12(2)18(4)11-6-5-9-17-15(19)14-8-7-10-16-13(14)3/h12-14,16H,5-11H2,1-4H3,(H,17,19). The number of carbonyl (C=O) groups excluding carboxylic acids is 1. The lowest BCUT2D eigenvalue weighted by Gasteiger charge is -2.28. The third-order valence-electron chi connectivity index (χ3n) is 4.22. The van der Waals surface area contributed by atoms with Gasteiger partial charge in [0.15, 0.2) is 0 Å². The van der Waals surface area contributed by atoms with Crippen LogP contribution in [0.3, 0.4) is 0 Å². The first kappa shape index (κ1) is 16.4. The van der Waals surface area contributed by atoms with E-state index in [-0.39, 0.29) is 11.8 Å². The van der Waals surface area contributed by atoms with E-state index in [4.69, 9.17) is 0 Å².